The van der Waals surface area contributed by atoms with Gasteiger partial charge in [-0.1, -0.05) is 6.07 Å². The molecule has 0 unspecified atom stereocenters. The molecule has 0 radical (unpaired) electrons. The van der Waals surface area contributed by atoms with Crippen LogP contribution in [0.15, 0.2) is 34.9 Å². The highest BCUT2D eigenvalue weighted by Gasteiger charge is 2.11. The van der Waals surface area contributed by atoms with Gasteiger partial charge in [-0.15, -0.1) is 0 Å². The largest absolute Gasteiger partial charge is 0.497 e. The number of methoxy groups -OCH3 is 1. The molecule has 0 aliphatic heterocycles. The molecular weight excluding hydrogens is 230 g/mol. The van der Waals surface area contributed by atoms with Crippen molar-refractivity contribution in [3.63, 3.8) is 0 Å². The number of hydrogen-bond acceptors (Lipinski definition) is 5. The molecule has 2 rings (SSSR count). The van der Waals surface area contributed by atoms with E-state index in [-0.39, 0.29) is 0 Å². The lowest BCUT2D eigenvalue weighted by Gasteiger charge is -2.15. The molecule has 1 aromatic carbocycles. The van der Waals surface area contributed by atoms with Gasteiger partial charge in [0.05, 0.1) is 12.8 Å². The van der Waals surface area contributed by atoms with E-state index in [1.807, 2.05) is 43.3 Å². The van der Waals surface area contributed by atoms with Gasteiger partial charge in [0.1, 0.15) is 12.0 Å². The van der Waals surface area contributed by atoms with Gasteiger partial charge in [-0.3, -0.25) is 4.90 Å². The topological polar surface area (TPSA) is 50.5 Å². The van der Waals surface area contributed by atoms with Gasteiger partial charge >= 0.3 is 6.01 Å². The summed E-state index contributed by atoms with van der Waals surface area (Å²) in [6.07, 6.45) is 1.66. The Bertz CT molecular complexity index is 510. The van der Waals surface area contributed by atoms with Crippen LogP contribution in [0.25, 0.3) is 0 Å². The van der Waals surface area contributed by atoms with Crippen molar-refractivity contribution >= 4 is 11.7 Å². The van der Waals surface area contributed by atoms with E-state index in [0.717, 1.165) is 17.1 Å². The van der Waals surface area contributed by atoms with Gasteiger partial charge in [-0.2, -0.15) is 4.98 Å². The van der Waals surface area contributed by atoms with E-state index in [0.29, 0.717) is 12.6 Å². The van der Waals surface area contributed by atoms with Crippen molar-refractivity contribution in [3.05, 3.63) is 36.2 Å². The molecule has 1 N–H and O–H groups in total. The van der Waals surface area contributed by atoms with Crippen LogP contribution in [0.4, 0.5) is 11.7 Å². The molecule has 0 amide bonds. The van der Waals surface area contributed by atoms with Crippen LogP contribution in [0.2, 0.25) is 0 Å². The second-order valence-electron chi connectivity index (χ2n) is 3.91. The first-order valence-corrected chi connectivity index (χ1v) is 5.71. The fourth-order valence-electron chi connectivity index (χ4n) is 1.64. The lowest BCUT2D eigenvalue weighted by Crippen LogP contribution is -2.10. The first-order chi connectivity index (χ1) is 8.74. The number of ether oxygens (including phenoxy) is 1. The number of oxazole rings is 1. The molecule has 96 valence electrons. The number of nitrogens with one attached hydrogen (secondary N) is 1. The second kappa shape index (κ2) is 5.55. The van der Waals surface area contributed by atoms with Gasteiger partial charge in [0.15, 0.2) is 0 Å². The molecule has 0 saturated carbocycles. The van der Waals surface area contributed by atoms with Crippen LogP contribution in [-0.4, -0.2) is 26.2 Å². The third kappa shape index (κ3) is 2.62. The van der Waals surface area contributed by atoms with Crippen LogP contribution >= 0.6 is 0 Å². The highest BCUT2D eigenvalue weighted by molar-refractivity contribution is 5.57. The van der Waals surface area contributed by atoms with Crippen LogP contribution in [0, 0.1) is 0 Å². The van der Waals surface area contributed by atoms with Crippen molar-refractivity contribution in [1.82, 2.24) is 10.3 Å². The zero-order valence-corrected chi connectivity index (χ0v) is 10.8. The molecule has 0 bridgehead atoms. The van der Waals surface area contributed by atoms with Crippen LogP contribution in [-0.2, 0) is 6.54 Å². The van der Waals surface area contributed by atoms with E-state index in [1.165, 1.54) is 0 Å². The summed E-state index contributed by atoms with van der Waals surface area (Å²) in [5, 5.41) is 3.03. The Labute approximate surface area is 106 Å². The monoisotopic (exact) mass is 247 g/mol. The van der Waals surface area contributed by atoms with Crippen LogP contribution < -0.4 is 15.0 Å². The Kier molecular flexibility index (Phi) is 3.84. The maximum absolute atomic E-state index is 5.44. The SMILES string of the molecule is CNCc1coc(N(C)c2cccc(OC)c2)n1. The Morgan fingerprint density at radius 3 is 3.00 bits per heavy atom. The van der Waals surface area contributed by atoms with Crippen LogP contribution in [0.5, 0.6) is 5.75 Å². The summed E-state index contributed by atoms with van der Waals surface area (Å²) in [6.45, 7) is 0.690. The molecule has 1 aromatic heterocycles. The van der Waals surface area contributed by atoms with Crippen molar-refractivity contribution in [2.45, 2.75) is 6.54 Å². The van der Waals surface area contributed by atoms with E-state index < -0.39 is 0 Å². The third-order valence-electron chi connectivity index (χ3n) is 2.63. The minimum Gasteiger partial charge on any atom is -0.497 e. The molecule has 0 aliphatic carbocycles. The van der Waals surface area contributed by atoms with Gasteiger partial charge in [0.25, 0.3) is 0 Å². The van der Waals surface area contributed by atoms with Gasteiger partial charge in [0, 0.05) is 25.3 Å². The quantitative estimate of drug-likeness (QED) is 0.877. The first-order valence-electron chi connectivity index (χ1n) is 5.71. The Hall–Kier alpha value is -2.01. The molecule has 0 atom stereocenters. The van der Waals surface area contributed by atoms with E-state index in [9.17, 15) is 0 Å². The summed E-state index contributed by atoms with van der Waals surface area (Å²) in [4.78, 5) is 6.26. The number of rotatable bonds is 5. The molecular formula is C13H17N3O2. The predicted octanol–water partition coefficient (Wildman–Crippen LogP) is 2.17. The van der Waals surface area contributed by atoms with Crippen molar-refractivity contribution in [3.8, 4) is 5.75 Å². The molecule has 5 heteroatoms. The van der Waals surface area contributed by atoms with Crippen LogP contribution in [0.3, 0.4) is 0 Å². The summed E-state index contributed by atoms with van der Waals surface area (Å²) in [7, 11) is 5.43. The Morgan fingerprint density at radius 2 is 2.28 bits per heavy atom. The smallest absolute Gasteiger partial charge is 0.301 e. The molecule has 1 heterocycles. The van der Waals surface area contributed by atoms with Crippen LogP contribution in [0.1, 0.15) is 5.69 Å². The van der Waals surface area contributed by atoms with E-state index in [4.69, 9.17) is 9.15 Å². The van der Waals surface area contributed by atoms with Crippen molar-refractivity contribution < 1.29 is 9.15 Å². The van der Waals surface area contributed by atoms with Gasteiger partial charge in [0.2, 0.25) is 0 Å². The zero-order valence-electron chi connectivity index (χ0n) is 10.8. The normalized spacial score (nSPS) is 10.4. The summed E-state index contributed by atoms with van der Waals surface area (Å²) < 4.78 is 10.6. The van der Waals surface area contributed by atoms with Gasteiger partial charge in [-0.25, -0.2) is 0 Å². The summed E-state index contributed by atoms with van der Waals surface area (Å²) >= 11 is 0. The number of hydrogen-bond donors (Lipinski definition) is 1. The molecule has 0 saturated heterocycles. The predicted molar refractivity (Wildman–Crippen MR) is 70.3 cm³/mol. The minimum absolute atomic E-state index is 0.563. The fourth-order valence-corrected chi connectivity index (χ4v) is 1.64. The molecule has 0 fully saturated rings. The lowest BCUT2D eigenvalue weighted by molar-refractivity contribution is 0.415. The lowest BCUT2D eigenvalue weighted by atomic mass is 10.3. The van der Waals surface area contributed by atoms with E-state index >= 15 is 0 Å². The van der Waals surface area contributed by atoms with Crippen molar-refractivity contribution in [2.75, 3.05) is 26.1 Å². The fraction of sp³-hybridized carbons (Fsp3) is 0.308. The average Bonchev–Trinajstić information content (AvgIpc) is 2.87. The average molecular weight is 247 g/mol. The first kappa shape index (κ1) is 12.4. The molecule has 2 aromatic rings. The number of nitrogens with zero attached hydrogens (tertiary/aromatic N) is 2. The van der Waals surface area contributed by atoms with E-state index in [2.05, 4.69) is 10.3 Å². The highest BCUT2D eigenvalue weighted by atomic mass is 16.5. The maximum atomic E-state index is 5.44. The highest BCUT2D eigenvalue weighted by Crippen LogP contribution is 2.26. The molecule has 0 aliphatic rings. The maximum Gasteiger partial charge on any atom is 0.301 e. The molecule has 18 heavy (non-hydrogen) atoms. The minimum atomic E-state index is 0.563. The van der Waals surface area contributed by atoms with Gasteiger partial charge in [-0.05, 0) is 19.2 Å². The summed E-state index contributed by atoms with van der Waals surface area (Å²) in [6, 6.07) is 8.31. The Morgan fingerprint density at radius 1 is 1.44 bits per heavy atom. The Balaban J connectivity index is 2.20. The third-order valence-corrected chi connectivity index (χ3v) is 2.63. The van der Waals surface area contributed by atoms with Crippen molar-refractivity contribution in [2.24, 2.45) is 0 Å². The van der Waals surface area contributed by atoms with Gasteiger partial charge < -0.3 is 14.5 Å². The number of benzene rings is 1. The van der Waals surface area contributed by atoms with E-state index in [1.54, 1.807) is 13.4 Å². The summed E-state index contributed by atoms with van der Waals surface area (Å²) in [5.74, 6) is 0.807. The zero-order chi connectivity index (χ0) is 13.0. The molecule has 0 spiro atoms. The molecule has 5 nitrogen and oxygen atoms in total. The number of anilines is 2. The second-order valence-corrected chi connectivity index (χ2v) is 3.91. The standard InChI is InChI=1S/C13H17N3O2/c1-14-8-10-9-18-13(15-10)16(2)11-5-4-6-12(7-11)17-3/h4-7,9,14H,8H2,1-3H3. The van der Waals surface area contributed by atoms with Crippen molar-refractivity contribution in [1.29, 1.82) is 0 Å². The number of aromatic nitrogens is 1. The summed E-state index contributed by atoms with van der Waals surface area (Å²) in [5.41, 5.74) is 1.84.